The Bertz CT molecular complexity index is 1250. The first-order valence-electron chi connectivity index (χ1n) is 28.4. The molecule has 70 heavy (non-hydrogen) atoms. The fourth-order valence-electron chi connectivity index (χ4n) is 9.08. The summed E-state index contributed by atoms with van der Waals surface area (Å²) < 4.78 is 34.4. The first-order chi connectivity index (χ1) is 34.1. The molecule has 0 aliphatic carbocycles. The highest BCUT2D eigenvalue weighted by Crippen LogP contribution is 2.27. The van der Waals surface area contributed by atoms with E-state index in [1.165, 1.54) is 148 Å². The van der Waals surface area contributed by atoms with Gasteiger partial charge >= 0.3 is 5.97 Å². The van der Waals surface area contributed by atoms with Crippen molar-refractivity contribution in [3.63, 3.8) is 0 Å². The van der Waals surface area contributed by atoms with Crippen LogP contribution in [0.3, 0.4) is 0 Å². The Morgan fingerprint density at radius 2 is 0.886 bits per heavy atom. The van der Waals surface area contributed by atoms with Gasteiger partial charge in [0.25, 0.3) is 0 Å². The summed E-state index contributed by atoms with van der Waals surface area (Å²) in [6.07, 6.45) is 32.3. The maximum absolute atomic E-state index is 13.1. The van der Waals surface area contributed by atoms with Crippen LogP contribution >= 0.6 is 0 Å². The molecule has 0 amide bonds. The van der Waals surface area contributed by atoms with Gasteiger partial charge in [-0.2, -0.15) is 0 Å². The van der Waals surface area contributed by atoms with Gasteiger partial charge in [0.1, 0.15) is 54.9 Å². The van der Waals surface area contributed by atoms with Crippen molar-refractivity contribution in [1.29, 1.82) is 0 Å². The number of aliphatic hydroxyl groups is 7. The molecule has 7 N–H and O–H groups in total. The molecule has 0 aromatic heterocycles. The topological polar surface area (TPSA) is 214 Å². The molecule has 14 heteroatoms. The third-order valence-electron chi connectivity index (χ3n) is 13.7. The highest BCUT2D eigenvalue weighted by atomic mass is 16.7. The Kier molecular flexibility index (Phi) is 40.4. The number of aliphatic hydroxyl groups excluding tert-OH is 7. The Labute approximate surface area is 424 Å². The molecule has 0 radical (unpaired) electrons. The molecular weight excluding hydrogens is 897 g/mol. The largest absolute Gasteiger partial charge is 0.457 e. The Morgan fingerprint density at radius 3 is 1.37 bits per heavy atom. The molecule has 2 aliphatic heterocycles. The van der Waals surface area contributed by atoms with E-state index in [0.29, 0.717) is 13.0 Å². The van der Waals surface area contributed by atoms with Gasteiger partial charge in [-0.3, -0.25) is 4.79 Å². The summed E-state index contributed by atoms with van der Waals surface area (Å²) in [7, 11) is 0. The van der Waals surface area contributed by atoms with Crippen LogP contribution in [-0.4, -0.2) is 142 Å². The average Bonchev–Trinajstić information content (AvgIpc) is 3.36. The van der Waals surface area contributed by atoms with Gasteiger partial charge in [-0.15, -0.1) is 0 Å². The average molecular weight is 1000 g/mol. The molecule has 0 bridgehead atoms. The lowest BCUT2D eigenvalue weighted by atomic mass is 9.98. The molecule has 11 unspecified atom stereocenters. The van der Waals surface area contributed by atoms with E-state index in [-0.39, 0.29) is 25.6 Å². The number of unbranched alkanes of at least 4 members (excludes halogenated alkanes) is 28. The molecular formula is C56H104O14. The van der Waals surface area contributed by atoms with Crippen molar-refractivity contribution < 1.29 is 69.0 Å². The number of ether oxygens (including phenoxy) is 6. The second-order valence-corrected chi connectivity index (χ2v) is 20.1. The van der Waals surface area contributed by atoms with E-state index in [9.17, 15) is 40.5 Å². The van der Waals surface area contributed by atoms with E-state index < -0.39 is 80.7 Å². The number of carbonyl (C=O) groups excluding carboxylic acids is 1. The Hall–Kier alpha value is -1.53. The number of hydrogen-bond acceptors (Lipinski definition) is 14. The van der Waals surface area contributed by atoms with Crippen LogP contribution in [0, 0.1) is 0 Å². The summed E-state index contributed by atoms with van der Waals surface area (Å²) in [6, 6.07) is 0. The predicted molar refractivity (Wildman–Crippen MR) is 275 cm³/mol. The van der Waals surface area contributed by atoms with Crippen LogP contribution in [0.1, 0.15) is 226 Å². The zero-order valence-electron chi connectivity index (χ0n) is 44.0. The molecule has 14 nitrogen and oxygen atoms in total. The molecule has 0 aromatic rings. The van der Waals surface area contributed by atoms with E-state index in [1.807, 2.05) is 0 Å². The van der Waals surface area contributed by atoms with E-state index in [2.05, 4.69) is 38.2 Å². The number of carbonyl (C=O) groups is 1. The summed E-state index contributed by atoms with van der Waals surface area (Å²) in [5.74, 6) is -0.376. The number of hydrogen-bond donors (Lipinski definition) is 7. The SMILES string of the molecule is CCCCCCC/C=C\C/C=C\CCCCCCCCCCCC(=O)OC(COCCCCCCCCCCCCCCCCC)COC1OC(COC2OC(CO)C(O)C(O)C2O)C(O)C(O)C1O. The van der Waals surface area contributed by atoms with Gasteiger partial charge in [-0.1, -0.05) is 199 Å². The van der Waals surface area contributed by atoms with Gasteiger partial charge in [0.05, 0.1) is 26.4 Å². The molecule has 0 aromatic carbocycles. The fraction of sp³-hybridized carbons (Fsp3) is 0.911. The lowest BCUT2D eigenvalue weighted by molar-refractivity contribution is -0.332. The minimum Gasteiger partial charge on any atom is -0.457 e. The quantitative estimate of drug-likeness (QED) is 0.0172. The van der Waals surface area contributed by atoms with Crippen LogP contribution in [0.25, 0.3) is 0 Å². The third kappa shape index (κ3) is 30.6. The number of allylic oxidation sites excluding steroid dienone is 4. The van der Waals surface area contributed by atoms with Crippen molar-refractivity contribution in [3.05, 3.63) is 24.3 Å². The monoisotopic (exact) mass is 1000 g/mol. The molecule has 2 saturated heterocycles. The Balaban J connectivity index is 1.72. The molecule has 11 atom stereocenters. The lowest BCUT2D eigenvalue weighted by Crippen LogP contribution is -2.61. The molecule has 0 spiro atoms. The third-order valence-corrected chi connectivity index (χ3v) is 13.7. The first kappa shape index (κ1) is 64.6. The van der Waals surface area contributed by atoms with Crippen LogP contribution in [-0.2, 0) is 33.2 Å². The van der Waals surface area contributed by atoms with Crippen molar-refractivity contribution in [1.82, 2.24) is 0 Å². The summed E-state index contributed by atoms with van der Waals surface area (Å²) in [5, 5.41) is 72.3. The highest BCUT2D eigenvalue weighted by molar-refractivity contribution is 5.69. The second kappa shape index (κ2) is 43.8. The predicted octanol–water partition coefficient (Wildman–Crippen LogP) is 9.58. The summed E-state index contributed by atoms with van der Waals surface area (Å²) in [6.45, 7) is 3.71. The smallest absolute Gasteiger partial charge is 0.306 e. The molecule has 2 fully saturated rings. The summed E-state index contributed by atoms with van der Waals surface area (Å²) in [5.41, 5.74) is 0. The van der Waals surface area contributed by atoms with E-state index in [1.54, 1.807) is 0 Å². The van der Waals surface area contributed by atoms with Gasteiger partial charge < -0.3 is 64.2 Å². The maximum Gasteiger partial charge on any atom is 0.306 e. The lowest BCUT2D eigenvalue weighted by Gasteiger charge is -2.42. The number of rotatable bonds is 46. The van der Waals surface area contributed by atoms with Gasteiger partial charge in [0.15, 0.2) is 12.6 Å². The Morgan fingerprint density at radius 1 is 0.471 bits per heavy atom. The first-order valence-corrected chi connectivity index (χ1v) is 28.4. The zero-order chi connectivity index (χ0) is 50.9. The second-order valence-electron chi connectivity index (χ2n) is 20.1. The van der Waals surface area contributed by atoms with Gasteiger partial charge in [-0.25, -0.2) is 0 Å². The van der Waals surface area contributed by atoms with Crippen molar-refractivity contribution in [2.75, 3.05) is 33.0 Å². The summed E-state index contributed by atoms with van der Waals surface area (Å²) in [4.78, 5) is 13.1. The normalized spacial score (nSPS) is 25.6. The van der Waals surface area contributed by atoms with Gasteiger partial charge in [0, 0.05) is 13.0 Å². The van der Waals surface area contributed by atoms with E-state index >= 15 is 0 Å². The molecule has 2 rings (SSSR count). The summed E-state index contributed by atoms with van der Waals surface area (Å²) >= 11 is 0. The van der Waals surface area contributed by atoms with E-state index in [4.69, 9.17) is 28.4 Å². The van der Waals surface area contributed by atoms with Crippen molar-refractivity contribution in [2.45, 2.75) is 293 Å². The molecule has 0 saturated carbocycles. The van der Waals surface area contributed by atoms with Gasteiger partial charge in [0.2, 0.25) is 0 Å². The highest BCUT2D eigenvalue weighted by Gasteiger charge is 2.47. The van der Waals surface area contributed by atoms with E-state index in [0.717, 1.165) is 51.4 Å². The van der Waals surface area contributed by atoms with Crippen LogP contribution in [0.5, 0.6) is 0 Å². The standard InChI is InChI=1S/C56H104O14/c1-3-5-7-9-11-13-15-17-19-20-21-22-23-24-25-27-29-31-33-35-37-39-48(58)68-45(42-65-40-38-36-34-32-30-28-26-18-16-14-12-10-8-6-4-2)43-66-55-54(64)52(62)50(60)47(70-55)44-67-56-53(63)51(61)49(59)46(41-57)69-56/h15,17,20-21,45-47,49-57,59-64H,3-14,16,18-19,22-44H2,1-2H3/b17-15-,21-20-. The zero-order valence-corrected chi connectivity index (χ0v) is 44.0. The van der Waals surface area contributed by atoms with Crippen molar-refractivity contribution >= 4 is 5.97 Å². The van der Waals surface area contributed by atoms with Crippen molar-refractivity contribution in [2.24, 2.45) is 0 Å². The maximum atomic E-state index is 13.1. The minimum absolute atomic E-state index is 0.0644. The van der Waals surface area contributed by atoms with Crippen molar-refractivity contribution in [3.8, 4) is 0 Å². The molecule has 2 heterocycles. The molecule has 412 valence electrons. The van der Waals surface area contributed by atoms with Crippen LogP contribution < -0.4 is 0 Å². The van der Waals surface area contributed by atoms with Crippen LogP contribution in [0.15, 0.2) is 24.3 Å². The minimum atomic E-state index is -1.70. The fourth-order valence-corrected chi connectivity index (χ4v) is 9.08. The van der Waals surface area contributed by atoms with Crippen LogP contribution in [0.4, 0.5) is 0 Å². The molecule has 2 aliphatic rings. The van der Waals surface area contributed by atoms with Gasteiger partial charge in [-0.05, 0) is 44.9 Å². The number of esters is 1. The van der Waals surface area contributed by atoms with Crippen LogP contribution in [0.2, 0.25) is 0 Å².